The van der Waals surface area contributed by atoms with Gasteiger partial charge in [0, 0.05) is 12.6 Å². The molecule has 2 aliphatic rings. The van der Waals surface area contributed by atoms with E-state index in [-0.39, 0.29) is 11.9 Å². The molecular formula is C14H19ClN4O2. The van der Waals surface area contributed by atoms with Crippen molar-refractivity contribution in [2.45, 2.75) is 51.1 Å². The summed E-state index contributed by atoms with van der Waals surface area (Å²) in [5.41, 5.74) is 0.913. The van der Waals surface area contributed by atoms with E-state index in [1.807, 2.05) is 6.92 Å². The van der Waals surface area contributed by atoms with Crippen molar-refractivity contribution < 1.29 is 9.59 Å². The number of nitrogens with one attached hydrogen (secondary N) is 1. The number of hydrogen-bond acceptors (Lipinski definition) is 3. The molecule has 1 aromatic heterocycles. The second-order valence-electron chi connectivity index (χ2n) is 5.92. The fraction of sp³-hybridized carbons (Fsp3) is 0.643. The number of nitrogens with zero attached hydrogens (tertiary/aromatic N) is 3. The molecule has 3 amide bonds. The average molecular weight is 311 g/mol. The van der Waals surface area contributed by atoms with Gasteiger partial charge in [-0.3, -0.25) is 14.8 Å². The van der Waals surface area contributed by atoms with Gasteiger partial charge in [-0.15, -0.1) is 0 Å². The molecule has 1 N–H and O–H groups in total. The zero-order valence-corrected chi connectivity index (χ0v) is 13.0. The Kier molecular flexibility index (Phi) is 3.43. The van der Waals surface area contributed by atoms with Gasteiger partial charge in [-0.05, 0) is 19.8 Å². The molecule has 6 nitrogen and oxygen atoms in total. The lowest BCUT2D eigenvalue weighted by molar-refractivity contribution is -0.128. The van der Waals surface area contributed by atoms with Crippen LogP contribution in [0, 0.1) is 6.92 Å². The molecule has 0 aromatic carbocycles. The van der Waals surface area contributed by atoms with E-state index in [0.717, 1.165) is 43.4 Å². The minimum Gasteiger partial charge on any atom is -0.305 e. The van der Waals surface area contributed by atoms with Crippen LogP contribution in [0.4, 0.5) is 4.79 Å². The Hall–Kier alpha value is -1.56. The smallest absolute Gasteiger partial charge is 0.305 e. The number of carbonyl (C=O) groups excluding carboxylic acids is 2. The first-order chi connectivity index (χ1) is 9.95. The second kappa shape index (κ2) is 5.02. The first-order valence-electron chi connectivity index (χ1n) is 7.27. The Balaban J connectivity index is 1.95. The van der Waals surface area contributed by atoms with Crippen molar-refractivity contribution in [2.24, 2.45) is 7.05 Å². The predicted molar refractivity (Wildman–Crippen MR) is 77.9 cm³/mol. The van der Waals surface area contributed by atoms with Crippen LogP contribution in [0.2, 0.25) is 5.15 Å². The van der Waals surface area contributed by atoms with Crippen molar-refractivity contribution in [1.29, 1.82) is 0 Å². The van der Waals surface area contributed by atoms with Crippen LogP contribution in [0.15, 0.2) is 0 Å². The third-order valence-corrected chi connectivity index (χ3v) is 5.14. The summed E-state index contributed by atoms with van der Waals surface area (Å²) in [5.74, 6) is -0.162. The third kappa shape index (κ3) is 2.12. The maximum absolute atomic E-state index is 12.3. The minimum absolute atomic E-state index is 0.162. The Morgan fingerprint density at radius 1 is 1.29 bits per heavy atom. The van der Waals surface area contributed by atoms with E-state index in [0.29, 0.717) is 11.7 Å². The van der Waals surface area contributed by atoms with Crippen molar-refractivity contribution in [1.82, 2.24) is 20.0 Å². The van der Waals surface area contributed by atoms with Crippen LogP contribution in [0.5, 0.6) is 0 Å². The van der Waals surface area contributed by atoms with Gasteiger partial charge < -0.3 is 4.90 Å². The second-order valence-corrected chi connectivity index (χ2v) is 6.27. The quantitative estimate of drug-likeness (QED) is 0.851. The molecule has 1 aliphatic carbocycles. The van der Waals surface area contributed by atoms with Gasteiger partial charge in [-0.1, -0.05) is 30.9 Å². The zero-order valence-electron chi connectivity index (χ0n) is 12.3. The number of aryl methyl sites for hydroxylation is 2. The summed E-state index contributed by atoms with van der Waals surface area (Å²) in [5, 5.41) is 7.26. The van der Waals surface area contributed by atoms with Crippen LogP contribution < -0.4 is 5.32 Å². The minimum atomic E-state index is -0.694. The largest absolute Gasteiger partial charge is 0.325 e. The van der Waals surface area contributed by atoms with Gasteiger partial charge in [-0.2, -0.15) is 5.10 Å². The molecule has 0 bridgehead atoms. The molecule has 2 heterocycles. The van der Waals surface area contributed by atoms with Crippen LogP contribution >= 0.6 is 11.6 Å². The highest BCUT2D eigenvalue weighted by atomic mass is 35.5. The maximum Gasteiger partial charge on any atom is 0.325 e. The van der Waals surface area contributed by atoms with Gasteiger partial charge >= 0.3 is 6.03 Å². The Bertz CT molecular complexity index is 604. The van der Waals surface area contributed by atoms with E-state index in [9.17, 15) is 9.59 Å². The van der Waals surface area contributed by atoms with Crippen LogP contribution in [-0.4, -0.2) is 32.2 Å². The van der Waals surface area contributed by atoms with Crippen molar-refractivity contribution in [3.63, 3.8) is 0 Å². The highest BCUT2D eigenvalue weighted by Gasteiger charge is 2.53. The summed E-state index contributed by atoms with van der Waals surface area (Å²) in [6.45, 7) is 2.20. The van der Waals surface area contributed by atoms with Crippen molar-refractivity contribution >= 4 is 23.5 Å². The van der Waals surface area contributed by atoms with Crippen LogP contribution in [0.25, 0.3) is 0 Å². The number of halogens is 1. The molecule has 1 saturated heterocycles. The first kappa shape index (κ1) is 14.4. The SMILES string of the molecule is Cc1nn(C)c(Cl)c1CN1C(=O)NC(=O)C12CCCCC2. The molecule has 7 heteroatoms. The van der Waals surface area contributed by atoms with Gasteiger partial charge in [0.2, 0.25) is 0 Å². The summed E-state index contributed by atoms with van der Waals surface area (Å²) in [6.07, 6.45) is 4.50. The molecule has 1 aliphatic heterocycles. The number of rotatable bonds is 2. The average Bonchev–Trinajstić information content (AvgIpc) is 2.82. The number of carbonyl (C=O) groups is 2. The number of hydrogen-bond donors (Lipinski definition) is 1. The highest BCUT2D eigenvalue weighted by Crippen LogP contribution is 2.38. The predicted octanol–water partition coefficient (Wildman–Crippen LogP) is 2.14. The van der Waals surface area contributed by atoms with Crippen LogP contribution in [0.3, 0.4) is 0 Å². The maximum atomic E-state index is 12.3. The first-order valence-corrected chi connectivity index (χ1v) is 7.64. The zero-order chi connectivity index (χ0) is 15.2. The number of amides is 3. The molecule has 1 saturated carbocycles. The Labute approximate surface area is 128 Å². The fourth-order valence-corrected chi connectivity index (χ4v) is 3.70. The van der Waals surface area contributed by atoms with Gasteiger partial charge in [0.25, 0.3) is 5.91 Å². The standard InChI is InChI=1S/C14H19ClN4O2/c1-9-10(11(15)18(2)17-9)8-19-13(21)16-12(20)14(19)6-4-3-5-7-14/h3-8H2,1-2H3,(H,16,20,21). The molecular weight excluding hydrogens is 292 g/mol. The number of aromatic nitrogens is 2. The van der Waals surface area contributed by atoms with E-state index in [2.05, 4.69) is 10.4 Å². The van der Waals surface area contributed by atoms with Gasteiger partial charge in [0.15, 0.2) is 0 Å². The van der Waals surface area contributed by atoms with Gasteiger partial charge in [0.05, 0.1) is 12.2 Å². The Morgan fingerprint density at radius 3 is 2.52 bits per heavy atom. The van der Waals surface area contributed by atoms with Crippen LogP contribution in [0.1, 0.15) is 43.4 Å². The van der Waals surface area contributed by atoms with Crippen molar-refractivity contribution in [3.8, 4) is 0 Å². The summed E-state index contributed by atoms with van der Waals surface area (Å²) in [6, 6.07) is -0.318. The van der Waals surface area contributed by atoms with E-state index >= 15 is 0 Å². The molecule has 2 fully saturated rings. The summed E-state index contributed by atoms with van der Waals surface area (Å²) in [7, 11) is 1.77. The molecule has 0 unspecified atom stereocenters. The summed E-state index contributed by atoms with van der Waals surface area (Å²) < 4.78 is 1.59. The molecule has 1 spiro atoms. The molecule has 0 atom stereocenters. The molecule has 114 valence electrons. The lowest BCUT2D eigenvalue weighted by Crippen LogP contribution is -2.50. The summed E-state index contributed by atoms with van der Waals surface area (Å²) in [4.78, 5) is 26.2. The molecule has 21 heavy (non-hydrogen) atoms. The molecule has 1 aromatic rings. The van der Waals surface area contributed by atoms with Gasteiger partial charge in [0.1, 0.15) is 10.7 Å². The monoisotopic (exact) mass is 310 g/mol. The van der Waals surface area contributed by atoms with Crippen molar-refractivity contribution in [2.75, 3.05) is 0 Å². The van der Waals surface area contributed by atoms with Crippen LogP contribution in [-0.2, 0) is 18.4 Å². The number of imide groups is 1. The van der Waals surface area contributed by atoms with E-state index in [1.165, 1.54) is 0 Å². The van der Waals surface area contributed by atoms with Crippen molar-refractivity contribution in [3.05, 3.63) is 16.4 Å². The fourth-order valence-electron chi connectivity index (χ4n) is 3.47. The van der Waals surface area contributed by atoms with E-state index in [4.69, 9.17) is 11.6 Å². The Morgan fingerprint density at radius 2 is 1.95 bits per heavy atom. The highest BCUT2D eigenvalue weighted by molar-refractivity contribution is 6.30. The van der Waals surface area contributed by atoms with E-state index in [1.54, 1.807) is 16.6 Å². The third-order valence-electron chi connectivity index (χ3n) is 4.67. The van der Waals surface area contributed by atoms with E-state index < -0.39 is 5.54 Å². The number of urea groups is 1. The lowest BCUT2D eigenvalue weighted by Gasteiger charge is -2.38. The topological polar surface area (TPSA) is 67.2 Å². The molecule has 3 rings (SSSR count). The summed E-state index contributed by atoms with van der Waals surface area (Å²) >= 11 is 6.26. The molecule has 0 radical (unpaired) electrons. The normalized spacial score (nSPS) is 21.2. The lowest BCUT2D eigenvalue weighted by atomic mass is 9.80. The van der Waals surface area contributed by atoms with Gasteiger partial charge in [-0.25, -0.2) is 4.79 Å².